The Hall–Kier alpha value is -2.46. The molecule has 0 saturated carbocycles. The lowest BCUT2D eigenvalue weighted by Gasteiger charge is -2.26. The van der Waals surface area contributed by atoms with Crippen LogP contribution in [0.2, 0.25) is 5.02 Å². The molecule has 0 atom stereocenters. The van der Waals surface area contributed by atoms with Crippen LogP contribution in [0.5, 0.6) is 0 Å². The van der Waals surface area contributed by atoms with Gasteiger partial charge in [-0.15, -0.1) is 0 Å². The van der Waals surface area contributed by atoms with E-state index in [4.69, 9.17) is 21.1 Å². The number of halogens is 1. The first-order chi connectivity index (χ1) is 15.3. The first kappa shape index (κ1) is 24.2. The van der Waals surface area contributed by atoms with Crippen molar-refractivity contribution in [3.63, 3.8) is 0 Å². The van der Waals surface area contributed by atoms with Gasteiger partial charge in [-0.05, 0) is 48.7 Å². The molecule has 10 heteroatoms. The minimum absolute atomic E-state index is 0.0687. The van der Waals surface area contributed by atoms with Crippen LogP contribution in [0.25, 0.3) is 0 Å². The van der Waals surface area contributed by atoms with Crippen molar-refractivity contribution in [2.45, 2.75) is 24.7 Å². The second-order valence-corrected chi connectivity index (χ2v) is 9.68. The number of carbonyl (C=O) groups excluding carboxylic acids is 2. The van der Waals surface area contributed by atoms with Crippen LogP contribution in [-0.4, -0.2) is 57.5 Å². The average Bonchev–Trinajstić information content (AvgIpc) is 2.79. The van der Waals surface area contributed by atoms with Gasteiger partial charge in [0.2, 0.25) is 10.0 Å². The van der Waals surface area contributed by atoms with Crippen molar-refractivity contribution in [3.8, 4) is 0 Å². The van der Waals surface area contributed by atoms with Crippen LogP contribution >= 0.6 is 11.6 Å². The molecule has 2 aromatic carbocycles. The van der Waals surface area contributed by atoms with Crippen LogP contribution in [-0.2, 0) is 35.5 Å². The molecule has 1 heterocycles. The molecule has 172 valence electrons. The summed E-state index contributed by atoms with van der Waals surface area (Å²) >= 11 is 6.02. The van der Waals surface area contributed by atoms with Gasteiger partial charge >= 0.3 is 5.97 Å². The monoisotopic (exact) mass is 480 g/mol. The summed E-state index contributed by atoms with van der Waals surface area (Å²) in [5.41, 5.74) is 2.21. The zero-order valence-electron chi connectivity index (χ0n) is 17.7. The van der Waals surface area contributed by atoms with Crippen LogP contribution in [0.15, 0.2) is 47.4 Å². The highest BCUT2D eigenvalue weighted by atomic mass is 35.5. The van der Waals surface area contributed by atoms with Crippen molar-refractivity contribution < 1.29 is 27.5 Å². The number of nitrogens with zero attached hydrogens (tertiary/aromatic N) is 1. The molecule has 1 aliphatic rings. The summed E-state index contributed by atoms with van der Waals surface area (Å²) in [6.45, 7) is 2.89. The second-order valence-electron chi connectivity index (χ2n) is 7.33. The number of carbonyl (C=O) groups is 2. The van der Waals surface area contributed by atoms with E-state index in [0.29, 0.717) is 43.4 Å². The van der Waals surface area contributed by atoms with E-state index in [1.807, 2.05) is 6.92 Å². The number of nitrogens with one attached hydrogen (secondary N) is 1. The molecule has 0 aromatic heterocycles. The van der Waals surface area contributed by atoms with Gasteiger partial charge in [0.25, 0.3) is 5.91 Å². The maximum Gasteiger partial charge on any atom is 0.306 e. The molecule has 0 bridgehead atoms. The zero-order chi connectivity index (χ0) is 23.1. The standard InChI is InChI=1S/C22H25ClN2O6S/c1-16-2-6-18(14-20(16)23)24-21(26)15-31-22(27)9-5-17-3-7-19(8-4-17)32(28,29)25-10-12-30-13-11-25/h2-4,6-8,14H,5,9-13,15H2,1H3,(H,24,26). The number of ether oxygens (including phenoxy) is 2. The molecule has 3 rings (SSSR count). The third kappa shape index (κ3) is 6.52. The molecule has 0 spiro atoms. The van der Waals surface area contributed by atoms with Gasteiger partial charge in [-0.2, -0.15) is 4.31 Å². The summed E-state index contributed by atoms with van der Waals surface area (Å²) in [7, 11) is -3.55. The maximum atomic E-state index is 12.6. The molecule has 32 heavy (non-hydrogen) atoms. The van der Waals surface area contributed by atoms with Gasteiger partial charge < -0.3 is 14.8 Å². The molecule has 0 aliphatic carbocycles. The number of rotatable bonds is 8. The molecule has 1 saturated heterocycles. The third-order valence-electron chi connectivity index (χ3n) is 4.97. The molecule has 1 amide bonds. The minimum Gasteiger partial charge on any atom is -0.456 e. The van der Waals surface area contributed by atoms with Crippen LogP contribution in [0, 0.1) is 6.92 Å². The Bertz CT molecular complexity index is 1070. The molecule has 1 N–H and O–H groups in total. The number of anilines is 1. The van der Waals surface area contributed by atoms with Crippen molar-refractivity contribution in [3.05, 3.63) is 58.6 Å². The Morgan fingerprint density at radius 1 is 1.12 bits per heavy atom. The molecule has 1 fully saturated rings. The zero-order valence-corrected chi connectivity index (χ0v) is 19.2. The van der Waals surface area contributed by atoms with Crippen LogP contribution in [0.3, 0.4) is 0 Å². The van der Waals surface area contributed by atoms with Gasteiger partial charge in [0.15, 0.2) is 6.61 Å². The molecular formula is C22H25ClN2O6S. The number of aryl methyl sites for hydroxylation is 2. The number of esters is 1. The lowest BCUT2D eigenvalue weighted by atomic mass is 10.1. The third-order valence-corrected chi connectivity index (χ3v) is 7.29. The fourth-order valence-electron chi connectivity index (χ4n) is 3.10. The maximum absolute atomic E-state index is 12.6. The van der Waals surface area contributed by atoms with Crippen molar-refractivity contribution in [1.82, 2.24) is 4.31 Å². The molecule has 8 nitrogen and oxygen atoms in total. The van der Waals surface area contributed by atoms with E-state index in [1.54, 1.807) is 30.3 Å². The van der Waals surface area contributed by atoms with Gasteiger partial charge in [0, 0.05) is 30.2 Å². The van der Waals surface area contributed by atoms with Crippen molar-refractivity contribution in [1.29, 1.82) is 0 Å². The minimum atomic E-state index is -3.55. The highest BCUT2D eigenvalue weighted by molar-refractivity contribution is 7.89. The fraction of sp³-hybridized carbons (Fsp3) is 0.364. The predicted molar refractivity (Wildman–Crippen MR) is 120 cm³/mol. The van der Waals surface area contributed by atoms with E-state index in [9.17, 15) is 18.0 Å². The topological polar surface area (TPSA) is 102 Å². The second kappa shape index (κ2) is 10.9. The van der Waals surface area contributed by atoms with Crippen LogP contribution in [0.1, 0.15) is 17.5 Å². The van der Waals surface area contributed by atoms with E-state index in [1.165, 1.54) is 16.4 Å². The first-order valence-electron chi connectivity index (χ1n) is 10.1. The number of hydrogen-bond donors (Lipinski definition) is 1. The lowest BCUT2D eigenvalue weighted by molar-refractivity contribution is -0.147. The van der Waals surface area contributed by atoms with E-state index in [2.05, 4.69) is 5.32 Å². The highest BCUT2D eigenvalue weighted by Gasteiger charge is 2.26. The van der Waals surface area contributed by atoms with Gasteiger partial charge in [-0.25, -0.2) is 8.42 Å². The molecule has 0 radical (unpaired) electrons. The predicted octanol–water partition coefficient (Wildman–Crippen LogP) is 2.78. The Labute approximate surface area is 192 Å². The summed E-state index contributed by atoms with van der Waals surface area (Å²) in [5.74, 6) is -0.983. The number of benzene rings is 2. The molecule has 2 aromatic rings. The number of amides is 1. The Balaban J connectivity index is 1.44. The summed E-state index contributed by atoms with van der Waals surface area (Å²) in [5, 5.41) is 3.15. The molecule has 1 aliphatic heterocycles. The first-order valence-corrected chi connectivity index (χ1v) is 12.0. The largest absolute Gasteiger partial charge is 0.456 e. The Morgan fingerprint density at radius 3 is 2.47 bits per heavy atom. The molecular weight excluding hydrogens is 456 g/mol. The quantitative estimate of drug-likeness (QED) is 0.583. The van der Waals surface area contributed by atoms with Gasteiger partial charge in [0.1, 0.15) is 0 Å². The SMILES string of the molecule is Cc1ccc(NC(=O)COC(=O)CCc2ccc(S(=O)(=O)N3CCOCC3)cc2)cc1Cl. The van der Waals surface area contributed by atoms with Gasteiger partial charge in [0.05, 0.1) is 18.1 Å². The summed E-state index contributed by atoms with van der Waals surface area (Å²) in [6.07, 6.45) is 0.436. The number of morpholine rings is 1. The van der Waals surface area contributed by atoms with E-state index >= 15 is 0 Å². The lowest BCUT2D eigenvalue weighted by Crippen LogP contribution is -2.40. The van der Waals surface area contributed by atoms with Crippen molar-refractivity contribution in [2.24, 2.45) is 0 Å². The number of sulfonamides is 1. The summed E-state index contributed by atoms with van der Waals surface area (Å²) in [4.78, 5) is 24.1. The van der Waals surface area contributed by atoms with E-state index < -0.39 is 28.5 Å². The highest BCUT2D eigenvalue weighted by Crippen LogP contribution is 2.20. The van der Waals surface area contributed by atoms with Gasteiger partial charge in [-0.3, -0.25) is 9.59 Å². The van der Waals surface area contributed by atoms with E-state index in [0.717, 1.165) is 11.1 Å². The Kier molecular flexibility index (Phi) is 8.25. The van der Waals surface area contributed by atoms with Crippen molar-refractivity contribution in [2.75, 3.05) is 38.2 Å². The normalized spacial score (nSPS) is 14.7. The van der Waals surface area contributed by atoms with Crippen LogP contribution < -0.4 is 5.32 Å². The van der Waals surface area contributed by atoms with Crippen molar-refractivity contribution >= 4 is 39.2 Å². The smallest absolute Gasteiger partial charge is 0.306 e. The van der Waals surface area contributed by atoms with Crippen LogP contribution in [0.4, 0.5) is 5.69 Å². The molecule has 0 unspecified atom stereocenters. The van der Waals surface area contributed by atoms with E-state index in [-0.39, 0.29) is 11.3 Å². The Morgan fingerprint density at radius 2 is 1.81 bits per heavy atom. The summed E-state index contributed by atoms with van der Waals surface area (Å²) in [6, 6.07) is 11.5. The fourth-order valence-corrected chi connectivity index (χ4v) is 4.68. The average molecular weight is 481 g/mol. The number of hydrogen-bond acceptors (Lipinski definition) is 6. The summed E-state index contributed by atoms with van der Waals surface area (Å²) < 4.78 is 36.9. The van der Waals surface area contributed by atoms with Gasteiger partial charge in [-0.1, -0.05) is 29.8 Å².